The van der Waals surface area contributed by atoms with Gasteiger partial charge in [0, 0.05) is 30.9 Å². The third-order valence-corrected chi connectivity index (χ3v) is 5.49. The van der Waals surface area contributed by atoms with E-state index in [1.165, 1.54) is 0 Å². The zero-order valence-electron chi connectivity index (χ0n) is 13.6. The Balaban J connectivity index is 1.38. The van der Waals surface area contributed by atoms with Gasteiger partial charge in [-0.05, 0) is 38.9 Å². The lowest BCUT2D eigenvalue weighted by Gasteiger charge is -2.26. The molecule has 2 fully saturated rings. The molecule has 1 aromatic heterocycles. The smallest absolute Gasteiger partial charge is 0.270 e. The molecule has 7 heteroatoms. The minimum atomic E-state index is -0.0385. The lowest BCUT2D eigenvalue weighted by molar-refractivity contribution is 0.0374. The Labute approximate surface area is 141 Å². The number of hydrogen-bond acceptors (Lipinski definition) is 6. The van der Waals surface area contributed by atoms with Gasteiger partial charge in [-0.25, -0.2) is 4.98 Å². The molecule has 0 aliphatic carbocycles. The van der Waals surface area contributed by atoms with E-state index in [9.17, 15) is 4.79 Å². The molecule has 128 valence electrons. The Morgan fingerprint density at radius 1 is 1.39 bits per heavy atom. The van der Waals surface area contributed by atoms with Crippen LogP contribution in [0.5, 0.6) is 0 Å². The molecule has 0 spiro atoms. The third-order valence-electron chi connectivity index (χ3n) is 4.48. The van der Waals surface area contributed by atoms with Crippen molar-refractivity contribution in [3.8, 4) is 0 Å². The Hall–Kier alpha value is -1.02. The first-order valence-corrected chi connectivity index (χ1v) is 9.45. The molecule has 0 saturated carbocycles. The molecule has 3 heterocycles. The van der Waals surface area contributed by atoms with Crippen LogP contribution in [0, 0.1) is 0 Å². The van der Waals surface area contributed by atoms with Crippen molar-refractivity contribution in [2.24, 2.45) is 0 Å². The van der Waals surface area contributed by atoms with E-state index in [0.717, 1.165) is 70.2 Å². The number of ether oxygens (including phenoxy) is 1. The van der Waals surface area contributed by atoms with Gasteiger partial charge < -0.3 is 15.4 Å². The number of piperidine rings is 1. The summed E-state index contributed by atoms with van der Waals surface area (Å²) in [6.07, 6.45) is 3.21. The Bertz CT molecular complexity index is 496. The van der Waals surface area contributed by atoms with Gasteiger partial charge in [-0.15, -0.1) is 11.3 Å². The molecule has 1 aromatic rings. The zero-order chi connectivity index (χ0) is 15.9. The first kappa shape index (κ1) is 16.8. The molecule has 0 radical (unpaired) electrons. The fourth-order valence-corrected chi connectivity index (χ4v) is 4.04. The molecule has 0 aromatic carbocycles. The van der Waals surface area contributed by atoms with Crippen molar-refractivity contribution >= 4 is 17.2 Å². The predicted molar refractivity (Wildman–Crippen MR) is 91.2 cm³/mol. The summed E-state index contributed by atoms with van der Waals surface area (Å²) in [5, 5.41) is 9.36. The molecule has 2 saturated heterocycles. The van der Waals surface area contributed by atoms with Crippen LogP contribution in [0.1, 0.15) is 40.7 Å². The van der Waals surface area contributed by atoms with E-state index in [-0.39, 0.29) is 5.91 Å². The van der Waals surface area contributed by atoms with E-state index in [4.69, 9.17) is 4.74 Å². The largest absolute Gasteiger partial charge is 0.379 e. The lowest BCUT2D eigenvalue weighted by Crippen LogP contribution is -2.38. The van der Waals surface area contributed by atoms with E-state index in [1.807, 2.05) is 5.38 Å². The average molecular weight is 338 g/mol. The normalized spacial score (nSPS) is 20.5. The Morgan fingerprint density at radius 2 is 2.17 bits per heavy atom. The van der Waals surface area contributed by atoms with Gasteiger partial charge in [0.25, 0.3) is 5.91 Å². The second-order valence-electron chi connectivity index (χ2n) is 6.16. The summed E-state index contributed by atoms with van der Waals surface area (Å²) in [4.78, 5) is 19.1. The highest BCUT2D eigenvalue weighted by atomic mass is 32.1. The van der Waals surface area contributed by atoms with E-state index >= 15 is 0 Å². The van der Waals surface area contributed by atoms with E-state index in [0.29, 0.717) is 18.2 Å². The monoisotopic (exact) mass is 338 g/mol. The summed E-state index contributed by atoms with van der Waals surface area (Å²) in [5.41, 5.74) is 0.579. The number of aromatic nitrogens is 1. The molecule has 23 heavy (non-hydrogen) atoms. The number of carbonyl (C=O) groups is 1. The first-order chi connectivity index (χ1) is 11.3. The third kappa shape index (κ3) is 4.97. The number of morpholine rings is 1. The number of thiazole rings is 1. The van der Waals surface area contributed by atoms with E-state index < -0.39 is 0 Å². The molecule has 3 rings (SSSR count). The fourth-order valence-electron chi connectivity index (χ4n) is 3.07. The van der Waals surface area contributed by atoms with Crippen molar-refractivity contribution in [3.63, 3.8) is 0 Å². The van der Waals surface area contributed by atoms with Crippen LogP contribution < -0.4 is 10.6 Å². The van der Waals surface area contributed by atoms with Crippen molar-refractivity contribution in [2.45, 2.75) is 25.2 Å². The maximum absolute atomic E-state index is 12.2. The number of hydrogen-bond donors (Lipinski definition) is 2. The summed E-state index contributed by atoms with van der Waals surface area (Å²) in [5.74, 6) is 0.479. The van der Waals surface area contributed by atoms with Gasteiger partial charge in [-0.3, -0.25) is 9.69 Å². The van der Waals surface area contributed by atoms with Crippen molar-refractivity contribution in [2.75, 3.05) is 52.5 Å². The van der Waals surface area contributed by atoms with Gasteiger partial charge in [0.1, 0.15) is 5.69 Å². The minimum Gasteiger partial charge on any atom is -0.379 e. The standard InChI is InChI=1S/C16H26N4O2S/c21-15(18-4-1-7-20-8-10-22-11-9-20)14-12-23-16(19-14)13-2-5-17-6-3-13/h12-13,17H,1-11H2,(H,18,21). The molecule has 2 aliphatic rings. The molecule has 0 atom stereocenters. The van der Waals surface area contributed by atoms with Crippen molar-refractivity contribution in [3.05, 3.63) is 16.1 Å². The van der Waals surface area contributed by atoms with Gasteiger partial charge in [-0.2, -0.15) is 0 Å². The SMILES string of the molecule is O=C(NCCCN1CCOCC1)c1csc(C2CCNCC2)n1. The highest BCUT2D eigenvalue weighted by Crippen LogP contribution is 2.27. The highest BCUT2D eigenvalue weighted by molar-refractivity contribution is 7.09. The number of nitrogens with one attached hydrogen (secondary N) is 2. The van der Waals surface area contributed by atoms with Crippen LogP contribution >= 0.6 is 11.3 Å². The highest BCUT2D eigenvalue weighted by Gasteiger charge is 2.20. The number of nitrogens with zero attached hydrogens (tertiary/aromatic N) is 2. The van der Waals surface area contributed by atoms with Crippen molar-refractivity contribution in [1.29, 1.82) is 0 Å². The number of rotatable bonds is 6. The molecule has 2 N–H and O–H groups in total. The van der Waals surface area contributed by atoms with Crippen molar-refractivity contribution < 1.29 is 9.53 Å². The lowest BCUT2D eigenvalue weighted by atomic mass is 9.99. The zero-order valence-corrected chi connectivity index (χ0v) is 14.4. The fraction of sp³-hybridized carbons (Fsp3) is 0.750. The van der Waals surface area contributed by atoms with Gasteiger partial charge >= 0.3 is 0 Å². The average Bonchev–Trinajstić information content (AvgIpc) is 3.10. The maximum atomic E-state index is 12.2. The predicted octanol–water partition coefficient (Wildman–Crippen LogP) is 1.06. The van der Waals surface area contributed by atoms with Crippen LogP contribution in [-0.4, -0.2) is 68.3 Å². The Morgan fingerprint density at radius 3 is 2.96 bits per heavy atom. The van der Waals surface area contributed by atoms with Crippen LogP contribution in [0.2, 0.25) is 0 Å². The van der Waals surface area contributed by atoms with Gasteiger partial charge in [0.05, 0.1) is 18.2 Å². The topological polar surface area (TPSA) is 66.5 Å². The van der Waals surface area contributed by atoms with Gasteiger partial charge in [0.2, 0.25) is 0 Å². The van der Waals surface area contributed by atoms with Crippen molar-refractivity contribution in [1.82, 2.24) is 20.5 Å². The molecule has 2 aliphatic heterocycles. The molecule has 1 amide bonds. The van der Waals surface area contributed by atoms with Crippen LogP contribution in [0.25, 0.3) is 0 Å². The Kier molecular flexibility index (Phi) is 6.38. The minimum absolute atomic E-state index is 0.0385. The van der Waals surface area contributed by atoms with Crippen LogP contribution in [0.15, 0.2) is 5.38 Å². The number of amides is 1. The van der Waals surface area contributed by atoms with Crippen LogP contribution in [-0.2, 0) is 4.74 Å². The van der Waals surface area contributed by atoms with E-state index in [2.05, 4.69) is 20.5 Å². The summed E-state index contributed by atoms with van der Waals surface area (Å²) in [7, 11) is 0. The molecular formula is C16H26N4O2S. The quantitative estimate of drug-likeness (QED) is 0.760. The van der Waals surface area contributed by atoms with Crippen LogP contribution in [0.3, 0.4) is 0 Å². The summed E-state index contributed by atoms with van der Waals surface area (Å²) < 4.78 is 5.33. The van der Waals surface area contributed by atoms with Gasteiger partial charge in [-0.1, -0.05) is 0 Å². The summed E-state index contributed by atoms with van der Waals surface area (Å²) in [6.45, 7) is 7.46. The van der Waals surface area contributed by atoms with E-state index in [1.54, 1.807) is 11.3 Å². The molecular weight excluding hydrogens is 312 g/mol. The molecule has 6 nitrogen and oxygen atoms in total. The molecule has 0 unspecified atom stereocenters. The first-order valence-electron chi connectivity index (χ1n) is 8.57. The van der Waals surface area contributed by atoms with Crippen LogP contribution in [0.4, 0.5) is 0 Å². The maximum Gasteiger partial charge on any atom is 0.270 e. The van der Waals surface area contributed by atoms with Gasteiger partial charge in [0.15, 0.2) is 0 Å². The second kappa shape index (κ2) is 8.73. The second-order valence-corrected chi connectivity index (χ2v) is 7.05. The molecule has 0 bridgehead atoms. The summed E-state index contributed by atoms with van der Waals surface area (Å²) in [6, 6.07) is 0. The number of carbonyl (C=O) groups excluding carboxylic acids is 1. The summed E-state index contributed by atoms with van der Waals surface area (Å²) >= 11 is 1.62.